The lowest BCUT2D eigenvalue weighted by molar-refractivity contribution is 0.563. The minimum atomic E-state index is -0.608. The first-order chi connectivity index (χ1) is 11.6. The van der Waals surface area contributed by atoms with Crippen LogP contribution in [0, 0.1) is 19.8 Å². The molecule has 0 atom stereocenters. The number of rotatable bonds is 3. The number of nitrogens with zero attached hydrogens (tertiary/aromatic N) is 6. The van der Waals surface area contributed by atoms with E-state index >= 15 is 0 Å². The fraction of sp³-hybridized carbons (Fsp3) is 0.353. The predicted molar refractivity (Wildman–Crippen MR) is 90.3 cm³/mol. The van der Waals surface area contributed by atoms with Crippen molar-refractivity contribution < 1.29 is 4.39 Å². The Hall–Kier alpha value is -2.70. The smallest absolute Gasteiger partial charge is 0.241 e. The Bertz CT molecular complexity index is 828. The quantitative estimate of drug-likeness (QED) is 0.689. The number of aryl methyl sites for hydroxylation is 3. The molecule has 0 aliphatic rings. The molecule has 6 nitrogen and oxygen atoms in total. The molecule has 0 aliphatic carbocycles. The zero-order chi connectivity index (χ0) is 17.7. The maximum atomic E-state index is 13.8. The highest BCUT2D eigenvalue weighted by Crippen LogP contribution is 2.26. The third-order valence-electron chi connectivity index (χ3n) is 3.41. The normalized spacial score (nSPS) is 10.2. The number of hydrogen-bond acceptors (Lipinski definition) is 5. The molecule has 0 N–H and O–H groups in total. The molecule has 0 aromatic carbocycles. The van der Waals surface area contributed by atoms with Gasteiger partial charge in [-0.25, -0.2) is 24.6 Å². The topological polar surface area (TPSA) is 69.4 Å². The Morgan fingerprint density at radius 1 is 1.08 bits per heavy atom. The minimum absolute atomic E-state index is 0.217. The molecule has 0 bridgehead atoms. The summed E-state index contributed by atoms with van der Waals surface area (Å²) in [4.78, 5) is 16.0. The SMILES string of the molecule is CC.CCc1nn(-c2cncnc2F)cc1-c1cnc(C)nc1C. The van der Waals surface area contributed by atoms with Crippen LogP contribution in [0.15, 0.2) is 24.9 Å². The molecule has 0 saturated carbocycles. The molecule has 3 aromatic rings. The van der Waals surface area contributed by atoms with Crippen molar-refractivity contribution in [2.24, 2.45) is 0 Å². The van der Waals surface area contributed by atoms with Gasteiger partial charge in [0.15, 0.2) is 0 Å². The molecule has 0 aliphatic heterocycles. The van der Waals surface area contributed by atoms with Gasteiger partial charge in [-0.3, -0.25) is 0 Å². The maximum Gasteiger partial charge on any atom is 0.241 e. The van der Waals surface area contributed by atoms with Crippen molar-refractivity contribution in [3.63, 3.8) is 0 Å². The number of aromatic nitrogens is 6. The van der Waals surface area contributed by atoms with E-state index in [0.29, 0.717) is 12.2 Å². The van der Waals surface area contributed by atoms with Gasteiger partial charge in [0.05, 0.1) is 11.9 Å². The predicted octanol–water partition coefficient (Wildman–Crippen LogP) is 3.46. The van der Waals surface area contributed by atoms with Crippen LogP contribution in [-0.4, -0.2) is 29.7 Å². The van der Waals surface area contributed by atoms with E-state index in [-0.39, 0.29) is 5.69 Å². The zero-order valence-corrected chi connectivity index (χ0v) is 14.6. The molecule has 3 aromatic heterocycles. The van der Waals surface area contributed by atoms with Gasteiger partial charge in [0.1, 0.15) is 17.8 Å². The Kier molecular flexibility index (Phi) is 5.68. The van der Waals surface area contributed by atoms with E-state index in [1.54, 1.807) is 12.4 Å². The van der Waals surface area contributed by atoms with Crippen molar-refractivity contribution in [3.05, 3.63) is 48.1 Å². The highest BCUT2D eigenvalue weighted by Gasteiger charge is 2.16. The second-order valence-electron chi connectivity index (χ2n) is 4.90. The average molecular weight is 328 g/mol. The van der Waals surface area contributed by atoms with E-state index in [1.807, 2.05) is 34.6 Å². The van der Waals surface area contributed by atoms with Crippen LogP contribution >= 0.6 is 0 Å². The standard InChI is InChI=1S/C15H15FN6.C2H6/c1-4-13-12(11-5-18-10(3)20-9(11)2)7-22(21-13)14-6-17-8-19-15(14)16;1-2/h5-8H,4H2,1-3H3;1-2H3. The van der Waals surface area contributed by atoms with Crippen LogP contribution in [0.1, 0.15) is 38.0 Å². The molecule has 0 radical (unpaired) electrons. The van der Waals surface area contributed by atoms with Gasteiger partial charge < -0.3 is 0 Å². The summed E-state index contributed by atoms with van der Waals surface area (Å²) in [5.74, 6) is 0.109. The second-order valence-corrected chi connectivity index (χ2v) is 4.90. The number of hydrogen-bond donors (Lipinski definition) is 0. The summed E-state index contributed by atoms with van der Waals surface area (Å²) in [6, 6.07) is 0. The fourth-order valence-corrected chi connectivity index (χ4v) is 2.33. The van der Waals surface area contributed by atoms with Crippen molar-refractivity contribution in [1.82, 2.24) is 29.7 Å². The summed E-state index contributed by atoms with van der Waals surface area (Å²) in [7, 11) is 0. The summed E-state index contributed by atoms with van der Waals surface area (Å²) in [5, 5.41) is 4.44. The van der Waals surface area contributed by atoms with Gasteiger partial charge in [0, 0.05) is 29.2 Å². The summed E-state index contributed by atoms with van der Waals surface area (Å²) in [5.41, 5.74) is 3.72. The van der Waals surface area contributed by atoms with Gasteiger partial charge in [-0.1, -0.05) is 20.8 Å². The summed E-state index contributed by atoms with van der Waals surface area (Å²) in [6.07, 6.45) is 6.82. The molecule has 0 spiro atoms. The Labute approximate surface area is 140 Å². The van der Waals surface area contributed by atoms with Crippen LogP contribution in [0.2, 0.25) is 0 Å². The molecular weight excluding hydrogens is 307 g/mol. The molecule has 0 amide bonds. The Balaban J connectivity index is 0.00000100. The van der Waals surface area contributed by atoms with E-state index in [9.17, 15) is 4.39 Å². The van der Waals surface area contributed by atoms with E-state index in [0.717, 1.165) is 22.5 Å². The highest BCUT2D eigenvalue weighted by atomic mass is 19.1. The van der Waals surface area contributed by atoms with Crippen molar-refractivity contribution in [3.8, 4) is 16.8 Å². The van der Waals surface area contributed by atoms with Crippen LogP contribution in [-0.2, 0) is 6.42 Å². The van der Waals surface area contributed by atoms with Gasteiger partial charge in [0.2, 0.25) is 5.95 Å². The lowest BCUT2D eigenvalue weighted by Gasteiger charge is -2.04. The third kappa shape index (κ3) is 3.45. The monoisotopic (exact) mass is 328 g/mol. The van der Waals surface area contributed by atoms with Crippen LogP contribution in [0.25, 0.3) is 16.8 Å². The van der Waals surface area contributed by atoms with Crippen LogP contribution < -0.4 is 0 Å². The molecule has 0 unspecified atom stereocenters. The van der Waals surface area contributed by atoms with Gasteiger partial charge >= 0.3 is 0 Å². The first-order valence-electron chi connectivity index (χ1n) is 7.95. The van der Waals surface area contributed by atoms with E-state index < -0.39 is 5.95 Å². The minimum Gasteiger partial charge on any atom is -0.242 e. The van der Waals surface area contributed by atoms with Crippen LogP contribution in [0.3, 0.4) is 0 Å². The van der Waals surface area contributed by atoms with Crippen molar-refractivity contribution >= 4 is 0 Å². The Morgan fingerprint density at radius 2 is 1.83 bits per heavy atom. The summed E-state index contributed by atoms with van der Waals surface area (Å²) >= 11 is 0. The second kappa shape index (κ2) is 7.72. The van der Waals surface area contributed by atoms with Crippen LogP contribution in [0.4, 0.5) is 4.39 Å². The maximum absolute atomic E-state index is 13.8. The van der Waals surface area contributed by atoms with E-state index in [1.165, 1.54) is 17.2 Å². The molecule has 3 rings (SSSR count). The van der Waals surface area contributed by atoms with Gasteiger partial charge in [-0.15, -0.1) is 0 Å². The molecule has 0 fully saturated rings. The lowest BCUT2D eigenvalue weighted by Crippen LogP contribution is -2.01. The van der Waals surface area contributed by atoms with Gasteiger partial charge in [0.25, 0.3) is 0 Å². The molecule has 7 heteroatoms. The fourth-order valence-electron chi connectivity index (χ4n) is 2.33. The van der Waals surface area contributed by atoms with E-state index in [4.69, 9.17) is 0 Å². The number of halogens is 1. The van der Waals surface area contributed by atoms with Gasteiger partial charge in [-0.05, 0) is 20.3 Å². The molecule has 24 heavy (non-hydrogen) atoms. The highest BCUT2D eigenvalue weighted by molar-refractivity contribution is 5.67. The lowest BCUT2D eigenvalue weighted by atomic mass is 10.1. The van der Waals surface area contributed by atoms with Crippen molar-refractivity contribution in [2.45, 2.75) is 41.0 Å². The largest absolute Gasteiger partial charge is 0.242 e. The van der Waals surface area contributed by atoms with Gasteiger partial charge in [-0.2, -0.15) is 9.49 Å². The molecule has 0 saturated heterocycles. The van der Waals surface area contributed by atoms with Crippen molar-refractivity contribution in [1.29, 1.82) is 0 Å². The third-order valence-corrected chi connectivity index (χ3v) is 3.41. The summed E-state index contributed by atoms with van der Waals surface area (Å²) < 4.78 is 15.3. The van der Waals surface area contributed by atoms with Crippen LogP contribution in [0.5, 0.6) is 0 Å². The zero-order valence-electron chi connectivity index (χ0n) is 14.6. The molecule has 3 heterocycles. The average Bonchev–Trinajstić information content (AvgIpc) is 3.01. The first-order valence-corrected chi connectivity index (χ1v) is 7.95. The van der Waals surface area contributed by atoms with Crippen molar-refractivity contribution in [2.75, 3.05) is 0 Å². The molecular formula is C17H21FN6. The first kappa shape index (κ1) is 17.7. The Morgan fingerprint density at radius 3 is 2.46 bits per heavy atom. The molecule has 126 valence electrons. The van der Waals surface area contributed by atoms with E-state index in [2.05, 4.69) is 25.0 Å². The summed E-state index contributed by atoms with van der Waals surface area (Å²) in [6.45, 7) is 9.77.